The Morgan fingerprint density at radius 2 is 2.06 bits per heavy atom. The molecule has 1 aromatic rings. The second kappa shape index (κ2) is 5.03. The van der Waals surface area contributed by atoms with Gasteiger partial charge in [0.1, 0.15) is 11.3 Å². The minimum Gasteiger partial charge on any atom is -0.490 e. The second-order valence-corrected chi connectivity index (χ2v) is 5.22. The number of carboxylic acids is 1. The van der Waals surface area contributed by atoms with E-state index in [0.717, 1.165) is 16.4 Å². The van der Waals surface area contributed by atoms with Gasteiger partial charge in [-0.15, -0.1) is 0 Å². The zero-order valence-electron chi connectivity index (χ0n) is 8.78. The summed E-state index contributed by atoms with van der Waals surface area (Å²) in [5.41, 5.74) is 0.263. The predicted molar refractivity (Wildman–Crippen MR) is 69.0 cm³/mol. The average molecular weight is 332 g/mol. The maximum absolute atomic E-state index is 11.1. The molecule has 0 amide bonds. The van der Waals surface area contributed by atoms with Gasteiger partial charge in [-0.25, -0.2) is 4.79 Å². The van der Waals surface area contributed by atoms with Crippen LogP contribution in [0.4, 0.5) is 0 Å². The number of aromatic carboxylic acids is 1. The summed E-state index contributed by atoms with van der Waals surface area (Å²) in [7, 11) is 0. The Balaban J connectivity index is 2.21. The number of carbonyl (C=O) groups is 1. The summed E-state index contributed by atoms with van der Waals surface area (Å²) in [6.45, 7) is 0. The lowest BCUT2D eigenvalue weighted by molar-refractivity contribution is 0.0689. The average Bonchev–Trinajstić information content (AvgIpc) is 2.73. The van der Waals surface area contributed by atoms with Gasteiger partial charge in [0.05, 0.1) is 6.10 Å². The predicted octanol–water partition coefficient (Wildman–Crippen LogP) is 3.31. The fourth-order valence-corrected chi connectivity index (χ4v) is 2.45. The summed E-state index contributed by atoms with van der Waals surface area (Å²) in [5, 5.41) is 9.08. The smallest absolute Gasteiger partial charge is 0.339 e. The van der Waals surface area contributed by atoms with Crippen molar-refractivity contribution >= 4 is 28.6 Å². The maximum atomic E-state index is 11.1. The van der Waals surface area contributed by atoms with Crippen LogP contribution in [0.15, 0.2) is 18.2 Å². The summed E-state index contributed by atoms with van der Waals surface area (Å²) in [6.07, 6.45) is 4.61. The molecule has 0 radical (unpaired) electrons. The highest BCUT2D eigenvalue weighted by Crippen LogP contribution is 2.27. The highest BCUT2D eigenvalue weighted by atomic mass is 127. The van der Waals surface area contributed by atoms with Gasteiger partial charge in [0.15, 0.2) is 0 Å². The molecule has 0 heterocycles. The van der Waals surface area contributed by atoms with Crippen molar-refractivity contribution in [1.82, 2.24) is 0 Å². The molecule has 0 aliphatic heterocycles. The molecule has 0 atom stereocenters. The Morgan fingerprint density at radius 3 is 2.69 bits per heavy atom. The van der Waals surface area contributed by atoms with E-state index in [4.69, 9.17) is 9.84 Å². The van der Waals surface area contributed by atoms with Crippen molar-refractivity contribution in [2.75, 3.05) is 0 Å². The SMILES string of the molecule is O=C(O)c1cc(I)ccc1OC1CCCC1. The van der Waals surface area contributed by atoms with Gasteiger partial charge in [-0.1, -0.05) is 0 Å². The number of ether oxygens (including phenoxy) is 1. The standard InChI is InChI=1S/C12H13IO3/c13-8-5-6-11(10(7-8)12(14)15)16-9-3-1-2-4-9/h5-7,9H,1-4H2,(H,14,15). The Bertz CT molecular complexity index is 397. The van der Waals surface area contributed by atoms with Gasteiger partial charge in [0.2, 0.25) is 0 Å². The first-order chi connectivity index (χ1) is 7.66. The molecule has 3 nitrogen and oxygen atoms in total. The van der Waals surface area contributed by atoms with Crippen LogP contribution in [-0.4, -0.2) is 17.2 Å². The Hall–Kier alpha value is -0.780. The van der Waals surface area contributed by atoms with Gasteiger partial charge in [-0.3, -0.25) is 0 Å². The third-order valence-electron chi connectivity index (χ3n) is 2.77. The molecule has 1 aromatic carbocycles. The van der Waals surface area contributed by atoms with Crippen LogP contribution in [0.1, 0.15) is 36.0 Å². The van der Waals surface area contributed by atoms with Crippen molar-refractivity contribution in [3.8, 4) is 5.75 Å². The van der Waals surface area contributed by atoms with Gasteiger partial charge in [-0.2, -0.15) is 0 Å². The zero-order chi connectivity index (χ0) is 11.5. The lowest BCUT2D eigenvalue weighted by atomic mass is 10.2. The van der Waals surface area contributed by atoms with Crippen LogP contribution < -0.4 is 4.74 Å². The van der Waals surface area contributed by atoms with Crippen molar-refractivity contribution in [3.05, 3.63) is 27.3 Å². The molecule has 0 bridgehead atoms. The van der Waals surface area contributed by atoms with Crippen molar-refractivity contribution in [1.29, 1.82) is 0 Å². The molecule has 86 valence electrons. The monoisotopic (exact) mass is 332 g/mol. The number of carboxylic acid groups (broad SMARTS) is 1. The number of hydrogen-bond acceptors (Lipinski definition) is 2. The first-order valence-corrected chi connectivity index (χ1v) is 6.44. The molecule has 0 saturated heterocycles. The fourth-order valence-electron chi connectivity index (χ4n) is 1.96. The Labute approximate surface area is 108 Å². The van der Waals surface area contributed by atoms with Gasteiger partial charge < -0.3 is 9.84 Å². The molecule has 1 aliphatic rings. The normalized spacial score (nSPS) is 16.3. The second-order valence-electron chi connectivity index (χ2n) is 3.97. The molecule has 2 rings (SSSR count). The van der Waals surface area contributed by atoms with E-state index in [-0.39, 0.29) is 11.7 Å². The first kappa shape index (κ1) is 11.7. The Kier molecular flexibility index (Phi) is 3.68. The van der Waals surface area contributed by atoms with Gasteiger partial charge in [-0.05, 0) is 66.5 Å². The fraction of sp³-hybridized carbons (Fsp3) is 0.417. The van der Waals surface area contributed by atoms with Crippen LogP contribution in [-0.2, 0) is 0 Å². The largest absolute Gasteiger partial charge is 0.490 e. The van der Waals surface area contributed by atoms with Crippen molar-refractivity contribution in [2.24, 2.45) is 0 Å². The molecule has 16 heavy (non-hydrogen) atoms. The molecule has 1 saturated carbocycles. The summed E-state index contributed by atoms with van der Waals surface area (Å²) >= 11 is 2.10. The van der Waals surface area contributed by atoms with E-state index >= 15 is 0 Å². The van der Waals surface area contributed by atoms with Crippen LogP contribution >= 0.6 is 22.6 Å². The number of benzene rings is 1. The number of halogens is 1. The van der Waals surface area contributed by atoms with Crippen LogP contribution in [0.5, 0.6) is 5.75 Å². The van der Waals surface area contributed by atoms with Crippen LogP contribution in [0.2, 0.25) is 0 Å². The van der Waals surface area contributed by atoms with Gasteiger partial charge in [0.25, 0.3) is 0 Å². The van der Waals surface area contributed by atoms with E-state index in [9.17, 15) is 4.79 Å². The lowest BCUT2D eigenvalue weighted by Crippen LogP contribution is -2.13. The molecule has 0 aromatic heterocycles. The first-order valence-electron chi connectivity index (χ1n) is 5.36. The summed E-state index contributed by atoms with van der Waals surface area (Å²) in [5.74, 6) is -0.425. The molecular formula is C12H13IO3. The third kappa shape index (κ3) is 2.66. The minimum atomic E-state index is -0.925. The number of hydrogen-bond donors (Lipinski definition) is 1. The van der Waals surface area contributed by atoms with E-state index in [1.54, 1.807) is 12.1 Å². The highest BCUT2D eigenvalue weighted by Gasteiger charge is 2.19. The van der Waals surface area contributed by atoms with Gasteiger partial charge in [0, 0.05) is 3.57 Å². The van der Waals surface area contributed by atoms with Crippen molar-refractivity contribution in [2.45, 2.75) is 31.8 Å². The molecular weight excluding hydrogens is 319 g/mol. The van der Waals surface area contributed by atoms with Crippen molar-refractivity contribution < 1.29 is 14.6 Å². The van der Waals surface area contributed by atoms with E-state index in [0.29, 0.717) is 5.75 Å². The van der Waals surface area contributed by atoms with Crippen LogP contribution in [0, 0.1) is 3.57 Å². The van der Waals surface area contributed by atoms with Crippen LogP contribution in [0.3, 0.4) is 0 Å². The van der Waals surface area contributed by atoms with Crippen molar-refractivity contribution in [3.63, 3.8) is 0 Å². The molecule has 0 unspecified atom stereocenters. The highest BCUT2D eigenvalue weighted by molar-refractivity contribution is 14.1. The molecule has 0 spiro atoms. The van der Waals surface area contributed by atoms with E-state index < -0.39 is 5.97 Å². The molecule has 1 N–H and O–H groups in total. The van der Waals surface area contributed by atoms with E-state index in [1.165, 1.54) is 12.8 Å². The van der Waals surface area contributed by atoms with E-state index in [1.807, 2.05) is 6.07 Å². The molecule has 1 fully saturated rings. The van der Waals surface area contributed by atoms with Gasteiger partial charge >= 0.3 is 5.97 Å². The third-order valence-corrected chi connectivity index (χ3v) is 3.44. The molecule has 1 aliphatic carbocycles. The lowest BCUT2D eigenvalue weighted by Gasteiger charge is -2.15. The zero-order valence-corrected chi connectivity index (χ0v) is 10.9. The molecule has 4 heteroatoms. The quantitative estimate of drug-likeness (QED) is 0.864. The van der Waals surface area contributed by atoms with Crippen LogP contribution in [0.25, 0.3) is 0 Å². The minimum absolute atomic E-state index is 0.193. The Morgan fingerprint density at radius 1 is 1.38 bits per heavy atom. The number of rotatable bonds is 3. The topological polar surface area (TPSA) is 46.5 Å². The summed E-state index contributed by atoms with van der Waals surface area (Å²) in [4.78, 5) is 11.1. The summed E-state index contributed by atoms with van der Waals surface area (Å²) in [6, 6.07) is 5.27. The van der Waals surface area contributed by atoms with E-state index in [2.05, 4.69) is 22.6 Å². The maximum Gasteiger partial charge on any atom is 0.339 e. The summed E-state index contributed by atoms with van der Waals surface area (Å²) < 4.78 is 6.65.